The van der Waals surface area contributed by atoms with Gasteiger partial charge in [0.05, 0.1) is 6.20 Å². The van der Waals surface area contributed by atoms with Crippen LogP contribution in [0, 0.1) is 5.92 Å². The second-order valence-corrected chi connectivity index (χ2v) is 6.19. The van der Waals surface area contributed by atoms with Gasteiger partial charge in [0.2, 0.25) is 5.95 Å². The summed E-state index contributed by atoms with van der Waals surface area (Å²) >= 11 is 0. The van der Waals surface area contributed by atoms with Gasteiger partial charge >= 0.3 is 0 Å². The van der Waals surface area contributed by atoms with Crippen LogP contribution in [0.5, 0.6) is 0 Å². The Morgan fingerprint density at radius 3 is 2.35 bits per heavy atom. The molecule has 3 heterocycles. The van der Waals surface area contributed by atoms with Crippen molar-refractivity contribution in [3.8, 4) is 0 Å². The quantitative estimate of drug-likeness (QED) is 0.829. The first-order valence-electron chi connectivity index (χ1n) is 8.02. The maximum Gasteiger partial charge on any atom is 0.247 e. The predicted octanol–water partition coefficient (Wildman–Crippen LogP) is 2.49. The van der Waals surface area contributed by atoms with Gasteiger partial charge in [-0.3, -0.25) is 0 Å². The van der Waals surface area contributed by atoms with Gasteiger partial charge < -0.3 is 9.80 Å². The molecular weight excluding hydrogens is 250 g/mol. The minimum atomic E-state index is 0.822. The summed E-state index contributed by atoms with van der Waals surface area (Å²) < 4.78 is 0. The molecule has 0 bridgehead atoms. The van der Waals surface area contributed by atoms with E-state index in [-0.39, 0.29) is 0 Å². The molecule has 0 atom stereocenters. The van der Waals surface area contributed by atoms with E-state index in [0.29, 0.717) is 0 Å². The molecule has 5 heteroatoms. The first-order valence-corrected chi connectivity index (χ1v) is 8.02. The Kier molecular flexibility index (Phi) is 4.33. The van der Waals surface area contributed by atoms with E-state index in [2.05, 4.69) is 26.9 Å². The largest absolute Gasteiger partial charge is 0.355 e. The van der Waals surface area contributed by atoms with E-state index >= 15 is 0 Å². The molecule has 3 rings (SSSR count). The number of rotatable bonds is 2. The molecule has 0 aliphatic carbocycles. The first-order chi connectivity index (χ1) is 9.83. The van der Waals surface area contributed by atoms with E-state index in [4.69, 9.17) is 4.98 Å². The van der Waals surface area contributed by atoms with Gasteiger partial charge in [-0.25, -0.2) is 0 Å². The minimum absolute atomic E-state index is 0.822. The SMILES string of the molecule is CC1CCN(c2cnnc(N3CCCCCC3)n2)CC1. The van der Waals surface area contributed by atoms with Gasteiger partial charge in [-0.05, 0) is 31.6 Å². The maximum absolute atomic E-state index is 4.77. The number of anilines is 2. The lowest BCUT2D eigenvalue weighted by Gasteiger charge is -2.31. The topological polar surface area (TPSA) is 45.2 Å². The molecule has 2 aliphatic rings. The molecule has 0 aromatic carbocycles. The van der Waals surface area contributed by atoms with Crippen LogP contribution in [0.25, 0.3) is 0 Å². The van der Waals surface area contributed by atoms with Crippen molar-refractivity contribution in [2.45, 2.75) is 45.4 Å². The van der Waals surface area contributed by atoms with Crippen LogP contribution in [0.2, 0.25) is 0 Å². The normalized spacial score (nSPS) is 21.9. The van der Waals surface area contributed by atoms with E-state index < -0.39 is 0 Å². The zero-order valence-corrected chi connectivity index (χ0v) is 12.5. The standard InChI is InChI=1S/C15H25N5/c1-13-6-10-19(11-7-13)14-12-16-18-15(17-14)20-8-4-2-3-5-9-20/h12-13H,2-11H2,1H3. The third kappa shape index (κ3) is 3.19. The molecule has 0 spiro atoms. The summed E-state index contributed by atoms with van der Waals surface area (Å²) in [5.74, 6) is 2.67. The van der Waals surface area contributed by atoms with Crippen LogP contribution in [0.3, 0.4) is 0 Å². The van der Waals surface area contributed by atoms with Crippen molar-refractivity contribution in [1.82, 2.24) is 15.2 Å². The van der Waals surface area contributed by atoms with Crippen molar-refractivity contribution in [2.24, 2.45) is 5.92 Å². The van der Waals surface area contributed by atoms with Gasteiger partial charge in [0.25, 0.3) is 0 Å². The predicted molar refractivity (Wildman–Crippen MR) is 81.1 cm³/mol. The molecule has 0 amide bonds. The Morgan fingerprint density at radius 2 is 1.65 bits per heavy atom. The monoisotopic (exact) mass is 275 g/mol. The average Bonchev–Trinajstić information content (AvgIpc) is 2.77. The van der Waals surface area contributed by atoms with Gasteiger partial charge in [-0.15, -0.1) is 5.10 Å². The van der Waals surface area contributed by atoms with Crippen molar-refractivity contribution in [3.05, 3.63) is 6.20 Å². The fourth-order valence-corrected chi connectivity index (χ4v) is 3.08. The zero-order chi connectivity index (χ0) is 13.8. The van der Waals surface area contributed by atoms with Crippen LogP contribution in [0.15, 0.2) is 6.20 Å². The van der Waals surface area contributed by atoms with Gasteiger partial charge in [0.15, 0.2) is 5.82 Å². The molecule has 0 radical (unpaired) electrons. The number of hydrogen-bond donors (Lipinski definition) is 0. The highest BCUT2D eigenvalue weighted by Gasteiger charge is 2.19. The number of aromatic nitrogens is 3. The highest BCUT2D eigenvalue weighted by Crippen LogP contribution is 2.22. The van der Waals surface area contributed by atoms with Crippen molar-refractivity contribution in [2.75, 3.05) is 36.0 Å². The molecule has 0 saturated carbocycles. The van der Waals surface area contributed by atoms with Crippen molar-refractivity contribution >= 4 is 11.8 Å². The smallest absolute Gasteiger partial charge is 0.247 e. The molecular formula is C15H25N5. The van der Waals surface area contributed by atoms with Crippen LogP contribution in [0.4, 0.5) is 11.8 Å². The summed E-state index contributed by atoms with van der Waals surface area (Å²) in [6, 6.07) is 0. The molecule has 5 nitrogen and oxygen atoms in total. The summed E-state index contributed by atoms with van der Waals surface area (Å²) in [5.41, 5.74) is 0. The third-order valence-corrected chi connectivity index (χ3v) is 4.53. The molecule has 0 unspecified atom stereocenters. The summed E-state index contributed by atoms with van der Waals surface area (Å²) in [4.78, 5) is 9.42. The van der Waals surface area contributed by atoms with Crippen LogP contribution in [0.1, 0.15) is 45.4 Å². The van der Waals surface area contributed by atoms with E-state index in [1.54, 1.807) is 0 Å². The number of hydrogen-bond acceptors (Lipinski definition) is 5. The van der Waals surface area contributed by atoms with Crippen molar-refractivity contribution in [3.63, 3.8) is 0 Å². The van der Waals surface area contributed by atoms with Crippen LogP contribution in [-0.2, 0) is 0 Å². The molecule has 110 valence electrons. The Bertz CT molecular complexity index is 420. The molecule has 2 saturated heterocycles. The maximum atomic E-state index is 4.77. The summed E-state index contributed by atoms with van der Waals surface area (Å²) in [6.07, 6.45) is 9.47. The van der Waals surface area contributed by atoms with Gasteiger partial charge in [0.1, 0.15) is 0 Å². The van der Waals surface area contributed by atoms with E-state index in [1.165, 1.54) is 38.5 Å². The summed E-state index contributed by atoms with van der Waals surface area (Å²) in [6.45, 7) is 6.67. The number of piperidine rings is 1. The average molecular weight is 275 g/mol. The van der Waals surface area contributed by atoms with E-state index in [0.717, 1.165) is 43.9 Å². The molecule has 2 aliphatic heterocycles. The summed E-state index contributed by atoms with van der Waals surface area (Å²) in [5, 5.41) is 8.44. The Hall–Kier alpha value is -1.39. The highest BCUT2D eigenvalue weighted by molar-refractivity contribution is 5.42. The van der Waals surface area contributed by atoms with Gasteiger partial charge in [-0.2, -0.15) is 10.1 Å². The van der Waals surface area contributed by atoms with Crippen molar-refractivity contribution < 1.29 is 0 Å². The fourth-order valence-electron chi connectivity index (χ4n) is 3.08. The Labute approximate surface area is 121 Å². The second kappa shape index (κ2) is 6.37. The minimum Gasteiger partial charge on any atom is -0.355 e. The lowest BCUT2D eigenvalue weighted by Crippen LogP contribution is -2.34. The highest BCUT2D eigenvalue weighted by atomic mass is 15.3. The lowest BCUT2D eigenvalue weighted by atomic mass is 9.99. The molecule has 2 fully saturated rings. The third-order valence-electron chi connectivity index (χ3n) is 4.53. The Balaban J connectivity index is 1.71. The van der Waals surface area contributed by atoms with Crippen LogP contribution >= 0.6 is 0 Å². The zero-order valence-electron chi connectivity index (χ0n) is 12.5. The van der Waals surface area contributed by atoms with Gasteiger partial charge in [0, 0.05) is 26.2 Å². The lowest BCUT2D eigenvalue weighted by molar-refractivity contribution is 0.436. The van der Waals surface area contributed by atoms with Crippen LogP contribution < -0.4 is 9.80 Å². The second-order valence-electron chi connectivity index (χ2n) is 6.19. The Morgan fingerprint density at radius 1 is 0.950 bits per heavy atom. The molecule has 20 heavy (non-hydrogen) atoms. The molecule has 1 aromatic heterocycles. The summed E-state index contributed by atoms with van der Waals surface area (Å²) in [7, 11) is 0. The first kappa shape index (κ1) is 13.6. The van der Waals surface area contributed by atoms with Crippen molar-refractivity contribution in [1.29, 1.82) is 0 Å². The van der Waals surface area contributed by atoms with Crippen LogP contribution in [-0.4, -0.2) is 41.4 Å². The van der Waals surface area contributed by atoms with E-state index in [9.17, 15) is 0 Å². The molecule has 0 N–H and O–H groups in total. The fraction of sp³-hybridized carbons (Fsp3) is 0.800. The molecule has 1 aromatic rings. The number of nitrogens with zero attached hydrogens (tertiary/aromatic N) is 5. The van der Waals surface area contributed by atoms with E-state index in [1.807, 2.05) is 6.20 Å². The van der Waals surface area contributed by atoms with Gasteiger partial charge in [-0.1, -0.05) is 19.8 Å².